The summed E-state index contributed by atoms with van der Waals surface area (Å²) in [6.45, 7) is 0. The van der Waals surface area contributed by atoms with Gasteiger partial charge in [-0.25, -0.2) is 8.78 Å². The smallest absolute Gasteiger partial charge is 0.264 e. The molecule has 0 unspecified atom stereocenters. The number of halogens is 2. The number of alkyl halides is 2. The molecule has 70 valence electrons. The maximum atomic E-state index is 12.5. The van der Waals surface area contributed by atoms with Crippen molar-refractivity contribution in [3.63, 3.8) is 0 Å². The van der Waals surface area contributed by atoms with E-state index in [1.54, 1.807) is 18.2 Å². The molecule has 3 heteroatoms. The Labute approximate surface area is 75.0 Å². The van der Waals surface area contributed by atoms with E-state index < -0.39 is 12.0 Å². The van der Waals surface area contributed by atoms with E-state index in [2.05, 4.69) is 0 Å². The van der Waals surface area contributed by atoms with Gasteiger partial charge in [0.05, 0.1) is 5.60 Å². The highest BCUT2D eigenvalue weighted by molar-refractivity contribution is 5.36. The van der Waals surface area contributed by atoms with E-state index in [0.717, 1.165) is 0 Å². The van der Waals surface area contributed by atoms with E-state index in [1.807, 2.05) is 0 Å². The predicted molar refractivity (Wildman–Crippen MR) is 44.5 cm³/mol. The molecule has 1 aliphatic carbocycles. The van der Waals surface area contributed by atoms with Gasteiger partial charge in [-0.3, -0.25) is 0 Å². The van der Waals surface area contributed by atoms with Crippen LogP contribution in [0.2, 0.25) is 0 Å². The molecule has 1 saturated carbocycles. The lowest BCUT2D eigenvalue weighted by Crippen LogP contribution is -2.08. The van der Waals surface area contributed by atoms with E-state index >= 15 is 0 Å². The molecule has 0 amide bonds. The Morgan fingerprint density at radius 1 is 1.23 bits per heavy atom. The Morgan fingerprint density at radius 2 is 1.85 bits per heavy atom. The van der Waals surface area contributed by atoms with Crippen molar-refractivity contribution >= 4 is 0 Å². The largest absolute Gasteiger partial charge is 0.385 e. The molecular formula is C10H10F2O. The topological polar surface area (TPSA) is 20.2 Å². The van der Waals surface area contributed by atoms with E-state index in [9.17, 15) is 13.9 Å². The van der Waals surface area contributed by atoms with Crippen molar-refractivity contribution in [1.82, 2.24) is 0 Å². The third-order valence-corrected chi connectivity index (χ3v) is 2.42. The first-order chi connectivity index (χ1) is 6.13. The van der Waals surface area contributed by atoms with E-state index in [-0.39, 0.29) is 5.56 Å². The van der Waals surface area contributed by atoms with Gasteiger partial charge in [0.2, 0.25) is 0 Å². The van der Waals surface area contributed by atoms with Gasteiger partial charge in [0, 0.05) is 5.56 Å². The van der Waals surface area contributed by atoms with Crippen molar-refractivity contribution in [1.29, 1.82) is 0 Å². The summed E-state index contributed by atoms with van der Waals surface area (Å²) in [5.41, 5.74) is -0.611. The summed E-state index contributed by atoms with van der Waals surface area (Å²) < 4.78 is 24.9. The summed E-state index contributed by atoms with van der Waals surface area (Å²) in [7, 11) is 0. The zero-order valence-corrected chi connectivity index (χ0v) is 7.00. The SMILES string of the molecule is OC1(c2ccccc2C(F)F)CC1. The number of hydrogen-bond acceptors (Lipinski definition) is 1. The van der Waals surface area contributed by atoms with Crippen LogP contribution in [0.5, 0.6) is 0 Å². The molecule has 1 nitrogen and oxygen atoms in total. The van der Waals surface area contributed by atoms with Crippen molar-refractivity contribution in [2.75, 3.05) is 0 Å². The highest BCUT2D eigenvalue weighted by Crippen LogP contribution is 2.47. The quantitative estimate of drug-likeness (QED) is 0.749. The summed E-state index contributed by atoms with van der Waals surface area (Å²) >= 11 is 0. The minimum absolute atomic E-state index is 0.0394. The van der Waals surface area contributed by atoms with Crippen LogP contribution < -0.4 is 0 Å². The first-order valence-corrected chi connectivity index (χ1v) is 4.23. The average molecular weight is 184 g/mol. The van der Waals surface area contributed by atoms with Crippen LogP contribution in [0.15, 0.2) is 24.3 Å². The third-order valence-electron chi connectivity index (χ3n) is 2.42. The molecule has 0 saturated heterocycles. The summed E-state index contributed by atoms with van der Waals surface area (Å²) in [4.78, 5) is 0. The lowest BCUT2D eigenvalue weighted by atomic mass is 10.0. The van der Waals surface area contributed by atoms with Crippen molar-refractivity contribution < 1.29 is 13.9 Å². The average Bonchev–Trinajstić information content (AvgIpc) is 2.85. The van der Waals surface area contributed by atoms with Gasteiger partial charge in [-0.15, -0.1) is 0 Å². The molecule has 2 rings (SSSR count). The molecule has 0 heterocycles. The molecule has 0 aromatic heterocycles. The van der Waals surface area contributed by atoms with Crippen LogP contribution in [-0.4, -0.2) is 5.11 Å². The summed E-state index contributed by atoms with van der Waals surface area (Å²) in [6, 6.07) is 6.19. The zero-order valence-electron chi connectivity index (χ0n) is 7.00. The van der Waals surface area contributed by atoms with Crippen molar-refractivity contribution in [3.8, 4) is 0 Å². The van der Waals surface area contributed by atoms with E-state index in [0.29, 0.717) is 18.4 Å². The van der Waals surface area contributed by atoms with Crippen LogP contribution >= 0.6 is 0 Å². The van der Waals surface area contributed by atoms with Gasteiger partial charge in [-0.2, -0.15) is 0 Å². The maximum absolute atomic E-state index is 12.5. The van der Waals surface area contributed by atoms with Gasteiger partial charge < -0.3 is 5.11 Å². The molecule has 0 radical (unpaired) electrons. The summed E-state index contributed by atoms with van der Waals surface area (Å²) in [5, 5.41) is 9.70. The first kappa shape index (κ1) is 8.63. The van der Waals surface area contributed by atoms with Crippen LogP contribution in [0, 0.1) is 0 Å². The fraction of sp³-hybridized carbons (Fsp3) is 0.400. The molecule has 0 atom stereocenters. The molecule has 1 aromatic rings. The highest BCUT2D eigenvalue weighted by atomic mass is 19.3. The molecule has 0 aliphatic heterocycles. The van der Waals surface area contributed by atoms with Gasteiger partial charge >= 0.3 is 0 Å². The number of hydrogen-bond donors (Lipinski definition) is 1. The zero-order chi connectivity index (χ0) is 9.47. The second-order valence-corrected chi connectivity index (χ2v) is 3.42. The Morgan fingerprint density at radius 3 is 2.38 bits per heavy atom. The van der Waals surface area contributed by atoms with Gasteiger partial charge in [0.25, 0.3) is 6.43 Å². The Kier molecular flexibility index (Phi) is 1.84. The molecule has 0 spiro atoms. The predicted octanol–water partition coefficient (Wildman–Crippen LogP) is 2.61. The van der Waals surface area contributed by atoms with Gasteiger partial charge in [0.15, 0.2) is 0 Å². The van der Waals surface area contributed by atoms with Crippen molar-refractivity contribution in [2.45, 2.75) is 24.9 Å². The molecule has 1 aliphatic rings. The molecule has 1 aromatic carbocycles. The van der Waals surface area contributed by atoms with E-state index in [1.165, 1.54) is 6.07 Å². The fourth-order valence-electron chi connectivity index (χ4n) is 1.50. The van der Waals surface area contributed by atoms with Crippen LogP contribution in [0.25, 0.3) is 0 Å². The Hall–Kier alpha value is -0.960. The minimum Gasteiger partial charge on any atom is -0.385 e. The highest BCUT2D eigenvalue weighted by Gasteiger charge is 2.44. The third kappa shape index (κ3) is 1.44. The lowest BCUT2D eigenvalue weighted by Gasteiger charge is -2.12. The van der Waals surface area contributed by atoms with Gasteiger partial charge in [0.1, 0.15) is 0 Å². The van der Waals surface area contributed by atoms with Crippen LogP contribution in [-0.2, 0) is 5.60 Å². The lowest BCUT2D eigenvalue weighted by molar-refractivity contribution is 0.125. The molecule has 1 fully saturated rings. The van der Waals surface area contributed by atoms with Crippen molar-refractivity contribution in [2.24, 2.45) is 0 Å². The fourth-order valence-corrected chi connectivity index (χ4v) is 1.50. The number of aliphatic hydroxyl groups is 1. The number of rotatable bonds is 2. The van der Waals surface area contributed by atoms with Crippen LogP contribution in [0.3, 0.4) is 0 Å². The Balaban J connectivity index is 2.44. The van der Waals surface area contributed by atoms with Crippen LogP contribution in [0.4, 0.5) is 8.78 Å². The second kappa shape index (κ2) is 2.77. The van der Waals surface area contributed by atoms with Crippen molar-refractivity contribution in [3.05, 3.63) is 35.4 Å². The molecular weight excluding hydrogens is 174 g/mol. The monoisotopic (exact) mass is 184 g/mol. The summed E-state index contributed by atoms with van der Waals surface area (Å²) in [5.74, 6) is 0. The summed E-state index contributed by atoms with van der Waals surface area (Å²) in [6.07, 6.45) is -1.31. The Bertz CT molecular complexity index is 318. The van der Waals surface area contributed by atoms with Gasteiger partial charge in [-0.05, 0) is 18.4 Å². The normalized spacial score (nSPS) is 19.1. The van der Waals surface area contributed by atoms with Gasteiger partial charge in [-0.1, -0.05) is 24.3 Å². The molecule has 1 N–H and O–H groups in total. The van der Waals surface area contributed by atoms with E-state index in [4.69, 9.17) is 0 Å². The second-order valence-electron chi connectivity index (χ2n) is 3.42. The standard InChI is InChI=1S/C10H10F2O/c11-9(12)7-3-1-2-4-8(7)10(13)5-6-10/h1-4,9,13H,5-6H2. The first-order valence-electron chi connectivity index (χ1n) is 4.23. The molecule has 13 heavy (non-hydrogen) atoms. The van der Waals surface area contributed by atoms with Crippen LogP contribution in [0.1, 0.15) is 30.4 Å². The maximum Gasteiger partial charge on any atom is 0.264 e. The minimum atomic E-state index is -2.50. The number of benzene rings is 1. The molecule has 0 bridgehead atoms.